The number of aliphatic carboxylic acids is 1. The Morgan fingerprint density at radius 2 is 2.11 bits per heavy atom. The molecule has 1 aromatic carbocycles. The number of hydrogen-bond donors (Lipinski definition) is 2. The van der Waals surface area contributed by atoms with Crippen LogP contribution in [-0.2, 0) is 11.2 Å². The molecule has 0 unspecified atom stereocenters. The SMILES string of the molecule is O=C(O)CSc1n[nH]c(Cc2ccc(Cl)cc2)n1. The number of benzene rings is 1. The quantitative estimate of drug-likeness (QED) is 0.823. The third-order valence-electron chi connectivity index (χ3n) is 2.12. The van der Waals surface area contributed by atoms with Gasteiger partial charge in [0.25, 0.3) is 0 Å². The second-order valence-electron chi connectivity index (χ2n) is 3.55. The number of aromatic amines is 1. The first kappa shape index (κ1) is 12.9. The predicted octanol–water partition coefficient (Wildman–Crippen LogP) is 2.23. The van der Waals surface area contributed by atoms with Gasteiger partial charge in [-0.25, -0.2) is 4.98 Å². The molecule has 2 N–H and O–H groups in total. The number of nitrogens with one attached hydrogen (secondary N) is 1. The van der Waals surface area contributed by atoms with Gasteiger partial charge in [0.15, 0.2) is 0 Å². The molecule has 0 saturated heterocycles. The van der Waals surface area contributed by atoms with E-state index < -0.39 is 5.97 Å². The molecule has 0 aliphatic rings. The van der Waals surface area contributed by atoms with Crippen molar-refractivity contribution in [2.45, 2.75) is 11.6 Å². The second-order valence-corrected chi connectivity index (χ2v) is 4.93. The summed E-state index contributed by atoms with van der Waals surface area (Å²) in [6.07, 6.45) is 0.609. The highest BCUT2D eigenvalue weighted by Crippen LogP contribution is 2.15. The molecule has 0 saturated carbocycles. The summed E-state index contributed by atoms with van der Waals surface area (Å²) in [5.41, 5.74) is 1.06. The fourth-order valence-electron chi connectivity index (χ4n) is 1.34. The average molecular weight is 284 g/mol. The number of hydrogen-bond acceptors (Lipinski definition) is 4. The van der Waals surface area contributed by atoms with E-state index in [1.807, 2.05) is 24.3 Å². The standard InChI is InChI=1S/C11H10ClN3O2S/c12-8-3-1-7(2-4-8)5-9-13-11(15-14-9)18-6-10(16)17/h1-4H,5-6H2,(H,16,17)(H,13,14,15). The number of carbonyl (C=O) groups is 1. The predicted molar refractivity (Wildman–Crippen MR) is 69.0 cm³/mol. The molecule has 0 fully saturated rings. The minimum atomic E-state index is -0.885. The number of thioether (sulfide) groups is 1. The molecule has 0 aliphatic heterocycles. The van der Waals surface area contributed by atoms with Crippen molar-refractivity contribution in [1.29, 1.82) is 0 Å². The maximum absolute atomic E-state index is 10.4. The van der Waals surface area contributed by atoms with Crippen molar-refractivity contribution in [3.63, 3.8) is 0 Å². The highest BCUT2D eigenvalue weighted by molar-refractivity contribution is 7.99. The van der Waals surface area contributed by atoms with Crippen LogP contribution in [0.1, 0.15) is 11.4 Å². The first-order valence-electron chi connectivity index (χ1n) is 5.14. The van der Waals surface area contributed by atoms with Gasteiger partial charge in [0.05, 0.1) is 5.75 Å². The van der Waals surface area contributed by atoms with E-state index in [0.29, 0.717) is 22.4 Å². The Kier molecular flexibility index (Phi) is 4.22. The van der Waals surface area contributed by atoms with Gasteiger partial charge in [-0.3, -0.25) is 9.89 Å². The second kappa shape index (κ2) is 5.88. The lowest BCUT2D eigenvalue weighted by atomic mass is 10.1. The number of aromatic nitrogens is 3. The Hall–Kier alpha value is -1.53. The zero-order chi connectivity index (χ0) is 13.0. The van der Waals surface area contributed by atoms with E-state index in [0.717, 1.165) is 17.3 Å². The molecule has 0 radical (unpaired) electrons. The van der Waals surface area contributed by atoms with E-state index in [9.17, 15) is 4.79 Å². The molecule has 1 heterocycles. The van der Waals surface area contributed by atoms with Crippen molar-refractivity contribution < 1.29 is 9.90 Å². The third-order valence-corrected chi connectivity index (χ3v) is 3.20. The van der Waals surface area contributed by atoms with Crippen molar-refractivity contribution in [1.82, 2.24) is 15.2 Å². The van der Waals surface area contributed by atoms with Gasteiger partial charge in [0, 0.05) is 11.4 Å². The van der Waals surface area contributed by atoms with Crippen LogP contribution in [-0.4, -0.2) is 32.0 Å². The summed E-state index contributed by atoms with van der Waals surface area (Å²) in [5.74, 6) is -0.229. The molecule has 0 atom stereocenters. The normalized spacial score (nSPS) is 10.5. The average Bonchev–Trinajstić information content (AvgIpc) is 2.77. The van der Waals surface area contributed by atoms with E-state index in [1.54, 1.807) is 0 Å². The highest BCUT2D eigenvalue weighted by Gasteiger charge is 2.07. The van der Waals surface area contributed by atoms with Crippen LogP contribution < -0.4 is 0 Å². The molecule has 0 aliphatic carbocycles. The number of halogens is 1. The summed E-state index contributed by atoms with van der Waals surface area (Å²) in [6, 6.07) is 7.45. The van der Waals surface area contributed by atoms with Crippen LogP contribution in [0.15, 0.2) is 29.4 Å². The monoisotopic (exact) mass is 283 g/mol. The molecule has 2 rings (SSSR count). The fourth-order valence-corrected chi connectivity index (χ4v) is 2.01. The van der Waals surface area contributed by atoms with Crippen LogP contribution in [0.2, 0.25) is 5.02 Å². The van der Waals surface area contributed by atoms with Crippen molar-refractivity contribution in [3.05, 3.63) is 40.7 Å². The number of carboxylic acid groups (broad SMARTS) is 1. The third kappa shape index (κ3) is 3.75. The molecule has 18 heavy (non-hydrogen) atoms. The van der Waals surface area contributed by atoms with Gasteiger partial charge < -0.3 is 5.11 Å². The Bertz CT molecular complexity index is 541. The van der Waals surface area contributed by atoms with Crippen LogP contribution in [0.4, 0.5) is 0 Å². The molecule has 0 spiro atoms. The van der Waals surface area contributed by atoms with E-state index in [1.165, 1.54) is 0 Å². The maximum atomic E-state index is 10.4. The molecule has 7 heteroatoms. The zero-order valence-corrected chi connectivity index (χ0v) is 10.8. The largest absolute Gasteiger partial charge is 0.481 e. The van der Waals surface area contributed by atoms with Crippen LogP contribution in [0.3, 0.4) is 0 Å². The summed E-state index contributed by atoms with van der Waals surface area (Å²) in [5, 5.41) is 16.4. The first-order valence-corrected chi connectivity index (χ1v) is 6.50. The van der Waals surface area contributed by atoms with Gasteiger partial charge in [-0.2, -0.15) is 0 Å². The topological polar surface area (TPSA) is 78.9 Å². The Morgan fingerprint density at radius 1 is 1.39 bits per heavy atom. The Labute approximate surface area is 113 Å². The summed E-state index contributed by atoms with van der Waals surface area (Å²) >= 11 is 6.88. The van der Waals surface area contributed by atoms with Gasteiger partial charge in [0.2, 0.25) is 5.16 Å². The van der Waals surface area contributed by atoms with Gasteiger partial charge in [-0.1, -0.05) is 35.5 Å². The van der Waals surface area contributed by atoms with Crippen LogP contribution in [0, 0.1) is 0 Å². The number of H-pyrrole nitrogens is 1. The lowest BCUT2D eigenvalue weighted by Crippen LogP contribution is -1.97. The van der Waals surface area contributed by atoms with Crippen molar-refractivity contribution in [2.75, 3.05) is 5.75 Å². The van der Waals surface area contributed by atoms with Gasteiger partial charge in [-0.15, -0.1) is 5.10 Å². The maximum Gasteiger partial charge on any atom is 0.313 e. The highest BCUT2D eigenvalue weighted by atomic mass is 35.5. The molecular weight excluding hydrogens is 274 g/mol. The number of nitrogens with zero attached hydrogens (tertiary/aromatic N) is 2. The van der Waals surface area contributed by atoms with E-state index in [-0.39, 0.29) is 5.75 Å². The van der Waals surface area contributed by atoms with Crippen molar-refractivity contribution >= 4 is 29.3 Å². The summed E-state index contributed by atoms with van der Waals surface area (Å²) in [7, 11) is 0. The van der Waals surface area contributed by atoms with Gasteiger partial charge in [-0.05, 0) is 17.7 Å². The molecule has 0 bridgehead atoms. The molecule has 0 amide bonds. The van der Waals surface area contributed by atoms with Gasteiger partial charge >= 0.3 is 5.97 Å². The van der Waals surface area contributed by atoms with Crippen molar-refractivity contribution in [2.24, 2.45) is 0 Å². The lowest BCUT2D eigenvalue weighted by Gasteiger charge is -1.97. The van der Waals surface area contributed by atoms with Crippen LogP contribution in [0.25, 0.3) is 0 Å². The molecule has 5 nitrogen and oxygen atoms in total. The summed E-state index contributed by atoms with van der Waals surface area (Å²) in [4.78, 5) is 14.6. The zero-order valence-electron chi connectivity index (χ0n) is 9.26. The molecular formula is C11H10ClN3O2S. The molecule has 1 aromatic heterocycles. The lowest BCUT2D eigenvalue weighted by molar-refractivity contribution is -0.133. The smallest absolute Gasteiger partial charge is 0.313 e. The van der Waals surface area contributed by atoms with Crippen LogP contribution in [0.5, 0.6) is 0 Å². The van der Waals surface area contributed by atoms with E-state index >= 15 is 0 Å². The van der Waals surface area contributed by atoms with Gasteiger partial charge in [0.1, 0.15) is 5.82 Å². The Balaban J connectivity index is 1.97. The van der Waals surface area contributed by atoms with Crippen molar-refractivity contribution in [3.8, 4) is 0 Å². The number of carboxylic acids is 1. The molecule has 2 aromatic rings. The van der Waals surface area contributed by atoms with Crippen LogP contribution >= 0.6 is 23.4 Å². The summed E-state index contributed by atoms with van der Waals surface area (Å²) in [6.45, 7) is 0. The van der Waals surface area contributed by atoms with E-state index in [4.69, 9.17) is 16.7 Å². The fraction of sp³-hybridized carbons (Fsp3) is 0.182. The minimum absolute atomic E-state index is 0.0434. The minimum Gasteiger partial charge on any atom is -0.481 e. The summed E-state index contributed by atoms with van der Waals surface area (Å²) < 4.78 is 0. The van der Waals surface area contributed by atoms with E-state index in [2.05, 4.69) is 15.2 Å². The molecule has 94 valence electrons. The first-order chi connectivity index (χ1) is 8.63. The Morgan fingerprint density at radius 3 is 2.78 bits per heavy atom. The number of rotatable bonds is 5.